The summed E-state index contributed by atoms with van der Waals surface area (Å²) in [5.74, 6) is 0.189. The molecule has 3 amide bonds. The number of fused-ring (bicyclic) bond motifs is 1. The van der Waals surface area contributed by atoms with Crippen LogP contribution < -0.4 is 16.4 Å². The fourth-order valence-electron chi connectivity index (χ4n) is 5.10. The first-order valence-electron chi connectivity index (χ1n) is 12.8. The molecule has 0 bridgehead atoms. The topological polar surface area (TPSA) is 207 Å². The number of nitrogens with zero attached hydrogens (tertiary/aromatic N) is 5. The lowest BCUT2D eigenvalue weighted by Gasteiger charge is -2.31. The van der Waals surface area contributed by atoms with Gasteiger partial charge in [-0.1, -0.05) is 0 Å². The number of ether oxygens (including phenoxy) is 2. The van der Waals surface area contributed by atoms with E-state index in [1.54, 1.807) is 11.8 Å². The number of anilines is 1. The van der Waals surface area contributed by atoms with Crippen molar-refractivity contribution in [1.29, 1.82) is 0 Å². The van der Waals surface area contributed by atoms with E-state index in [0.717, 1.165) is 0 Å². The van der Waals surface area contributed by atoms with E-state index >= 15 is 0 Å². The Morgan fingerprint density at radius 1 is 1.26 bits per heavy atom. The molecule has 0 radical (unpaired) electrons. The molecule has 3 aliphatic rings. The summed E-state index contributed by atoms with van der Waals surface area (Å²) >= 11 is 0. The number of rotatable bonds is 6. The van der Waals surface area contributed by atoms with Crippen LogP contribution in [0.2, 0.25) is 0 Å². The largest absolute Gasteiger partial charge is 0.444 e. The Morgan fingerprint density at radius 3 is 2.71 bits per heavy atom. The van der Waals surface area contributed by atoms with Crippen LogP contribution in [-0.2, 0) is 25.5 Å². The molecule has 15 heteroatoms. The van der Waals surface area contributed by atoms with Gasteiger partial charge in [0.05, 0.1) is 19.3 Å². The molecule has 0 spiro atoms. The smallest absolute Gasteiger partial charge is 0.410 e. The van der Waals surface area contributed by atoms with E-state index in [1.807, 2.05) is 0 Å². The van der Waals surface area contributed by atoms with Crippen molar-refractivity contribution in [3.8, 4) is 0 Å². The zero-order chi connectivity index (χ0) is 27.0. The van der Waals surface area contributed by atoms with Gasteiger partial charge in [0.25, 0.3) is 5.91 Å². The van der Waals surface area contributed by atoms with E-state index in [-0.39, 0.29) is 24.1 Å². The van der Waals surface area contributed by atoms with Crippen molar-refractivity contribution in [2.75, 3.05) is 31.9 Å². The van der Waals surface area contributed by atoms with Gasteiger partial charge in [-0.15, -0.1) is 0 Å². The number of likely N-dealkylation sites (N-methyl/N-ethyl adjacent to an activating group) is 1. The number of nitrogens with one attached hydrogen (secondary N) is 2. The first-order valence-corrected chi connectivity index (χ1v) is 12.8. The van der Waals surface area contributed by atoms with E-state index in [1.165, 1.54) is 10.9 Å². The van der Waals surface area contributed by atoms with Crippen LogP contribution in [0.1, 0.15) is 38.2 Å². The SMILES string of the molecule is CCNC(=O)[C@H]1O[C@@H](n2cnc3c(N)nc(CC4CCN(C(=O)OC5CNC(=O)C5)CC4)nc32)C(O)C1O. The van der Waals surface area contributed by atoms with E-state index < -0.39 is 42.6 Å². The zero-order valence-corrected chi connectivity index (χ0v) is 20.9. The Kier molecular flexibility index (Phi) is 7.32. The minimum Gasteiger partial charge on any atom is -0.444 e. The first kappa shape index (κ1) is 26.1. The summed E-state index contributed by atoms with van der Waals surface area (Å²) in [5, 5.41) is 26.2. The summed E-state index contributed by atoms with van der Waals surface area (Å²) in [5.41, 5.74) is 6.80. The minimum absolute atomic E-state index is 0.119. The van der Waals surface area contributed by atoms with Crippen molar-refractivity contribution < 1.29 is 34.1 Å². The van der Waals surface area contributed by atoms with Gasteiger partial charge >= 0.3 is 6.09 Å². The second-order valence-corrected chi connectivity index (χ2v) is 9.82. The molecular weight excluding hydrogens is 500 g/mol. The Morgan fingerprint density at radius 2 is 2.03 bits per heavy atom. The number of carbonyl (C=O) groups excluding carboxylic acids is 3. The number of aliphatic hydroxyl groups is 2. The average Bonchev–Trinajstić information content (AvgIpc) is 3.57. The van der Waals surface area contributed by atoms with Crippen LogP contribution in [-0.4, -0.2) is 103 Å². The van der Waals surface area contributed by atoms with E-state index in [9.17, 15) is 24.6 Å². The highest BCUT2D eigenvalue weighted by Crippen LogP contribution is 2.32. The van der Waals surface area contributed by atoms with Gasteiger partial charge in [-0.05, 0) is 25.7 Å². The van der Waals surface area contributed by atoms with Crippen LogP contribution in [0, 0.1) is 5.92 Å². The number of nitrogens with two attached hydrogens (primary N) is 1. The molecule has 0 aromatic carbocycles. The number of aliphatic hydroxyl groups excluding tert-OH is 2. The Bertz CT molecular complexity index is 1210. The molecule has 3 saturated heterocycles. The lowest BCUT2D eigenvalue weighted by atomic mass is 9.93. The minimum atomic E-state index is -1.43. The summed E-state index contributed by atoms with van der Waals surface area (Å²) in [6, 6.07) is 0. The van der Waals surface area contributed by atoms with Crippen LogP contribution >= 0.6 is 0 Å². The highest BCUT2D eigenvalue weighted by atomic mass is 16.6. The third-order valence-corrected chi connectivity index (χ3v) is 7.17. The molecule has 2 aromatic rings. The Balaban J connectivity index is 1.24. The molecule has 3 aliphatic heterocycles. The maximum atomic E-state index is 12.4. The summed E-state index contributed by atoms with van der Waals surface area (Å²) in [4.78, 5) is 50.9. The maximum absolute atomic E-state index is 12.4. The van der Waals surface area contributed by atoms with E-state index in [4.69, 9.17) is 15.2 Å². The van der Waals surface area contributed by atoms with Gasteiger partial charge < -0.3 is 41.0 Å². The van der Waals surface area contributed by atoms with Crippen LogP contribution in [0.25, 0.3) is 11.2 Å². The molecular formula is C23H32N8O7. The van der Waals surface area contributed by atoms with Crippen LogP contribution in [0.5, 0.6) is 0 Å². The quantitative estimate of drug-likeness (QED) is 0.287. The standard InChI is InChI=1S/C23H32N8O7/c1-2-25-21(35)18-16(33)17(34)22(38-18)31-10-27-15-19(24)28-13(29-20(15)31)7-11-3-5-30(6-4-11)23(36)37-12-8-14(32)26-9-12/h10-12,16-18,22,33-34H,2-9H2,1H3,(H,25,35)(H,26,32)(H2,24,28,29)/t12?,16?,17?,18-,22+/m0/s1. The molecule has 0 saturated carbocycles. The van der Waals surface area contributed by atoms with Crippen molar-refractivity contribution in [2.45, 2.75) is 63.3 Å². The van der Waals surface area contributed by atoms with Crippen LogP contribution in [0.15, 0.2) is 6.33 Å². The number of nitrogen functional groups attached to an aromatic ring is 1. The number of hydrogen-bond donors (Lipinski definition) is 5. The average molecular weight is 533 g/mol. The number of carbonyl (C=O) groups is 3. The molecule has 5 atom stereocenters. The molecule has 0 aliphatic carbocycles. The zero-order valence-electron chi connectivity index (χ0n) is 20.9. The lowest BCUT2D eigenvalue weighted by molar-refractivity contribution is -0.137. The number of amides is 3. The van der Waals surface area contributed by atoms with Crippen molar-refractivity contribution in [1.82, 2.24) is 35.1 Å². The number of aromatic nitrogens is 4. The highest BCUT2D eigenvalue weighted by molar-refractivity contribution is 5.83. The van der Waals surface area contributed by atoms with Crippen LogP contribution in [0.3, 0.4) is 0 Å². The molecule has 2 aromatic heterocycles. The van der Waals surface area contributed by atoms with Gasteiger partial charge in [0.2, 0.25) is 5.91 Å². The van der Waals surface area contributed by atoms with Gasteiger partial charge in [0, 0.05) is 26.1 Å². The third-order valence-electron chi connectivity index (χ3n) is 7.17. The second-order valence-electron chi connectivity index (χ2n) is 9.82. The summed E-state index contributed by atoms with van der Waals surface area (Å²) in [6.45, 7) is 3.45. The lowest BCUT2D eigenvalue weighted by Crippen LogP contribution is -2.42. The fraction of sp³-hybridized carbons (Fsp3) is 0.652. The summed E-state index contributed by atoms with van der Waals surface area (Å²) < 4.78 is 12.6. The van der Waals surface area contributed by atoms with Crippen molar-refractivity contribution in [2.24, 2.45) is 5.92 Å². The third kappa shape index (κ3) is 5.08. The van der Waals surface area contributed by atoms with Gasteiger partial charge in [0.1, 0.15) is 29.7 Å². The maximum Gasteiger partial charge on any atom is 0.410 e. The number of likely N-dealkylation sites (tertiary alicyclic amines) is 1. The van der Waals surface area contributed by atoms with Gasteiger partial charge in [0.15, 0.2) is 23.8 Å². The monoisotopic (exact) mass is 532 g/mol. The summed E-state index contributed by atoms with van der Waals surface area (Å²) in [7, 11) is 0. The first-order chi connectivity index (χ1) is 18.2. The van der Waals surface area contributed by atoms with Gasteiger partial charge in [-0.2, -0.15) is 0 Å². The number of piperidine rings is 1. The predicted octanol–water partition coefficient (Wildman–Crippen LogP) is -1.56. The molecule has 15 nitrogen and oxygen atoms in total. The second kappa shape index (κ2) is 10.7. The predicted molar refractivity (Wildman–Crippen MR) is 130 cm³/mol. The Hall–Kier alpha value is -3.56. The molecule has 38 heavy (non-hydrogen) atoms. The fourth-order valence-corrected chi connectivity index (χ4v) is 5.10. The van der Waals surface area contributed by atoms with Gasteiger partial charge in [-0.25, -0.2) is 19.7 Å². The molecule has 5 rings (SSSR count). The van der Waals surface area contributed by atoms with Crippen molar-refractivity contribution in [3.63, 3.8) is 0 Å². The highest BCUT2D eigenvalue weighted by Gasteiger charge is 2.47. The van der Waals surface area contributed by atoms with E-state index in [0.29, 0.717) is 62.4 Å². The normalized spacial score (nSPS) is 28.0. The number of hydrogen-bond acceptors (Lipinski definition) is 11. The molecule has 6 N–H and O–H groups in total. The van der Waals surface area contributed by atoms with Crippen molar-refractivity contribution >= 4 is 34.9 Å². The molecule has 5 heterocycles. The van der Waals surface area contributed by atoms with Crippen molar-refractivity contribution in [3.05, 3.63) is 12.2 Å². The molecule has 3 unspecified atom stereocenters. The number of imidazole rings is 1. The van der Waals surface area contributed by atoms with Gasteiger partial charge in [-0.3, -0.25) is 14.2 Å². The summed E-state index contributed by atoms with van der Waals surface area (Å²) in [6.07, 6.45) is -2.49. The molecule has 3 fully saturated rings. The van der Waals surface area contributed by atoms with Crippen LogP contribution in [0.4, 0.5) is 10.6 Å². The van der Waals surface area contributed by atoms with E-state index in [2.05, 4.69) is 25.6 Å². The molecule has 206 valence electrons. The Labute approximate surface area is 217 Å².